The van der Waals surface area contributed by atoms with Crippen LogP contribution >= 0.6 is 11.3 Å². The van der Waals surface area contributed by atoms with Crippen LogP contribution in [0.4, 0.5) is 5.13 Å². The first-order chi connectivity index (χ1) is 18.1. The van der Waals surface area contributed by atoms with Crippen molar-refractivity contribution >= 4 is 40.1 Å². The molecule has 1 aromatic carbocycles. The summed E-state index contributed by atoms with van der Waals surface area (Å²) in [5, 5.41) is 12.3. The van der Waals surface area contributed by atoms with Gasteiger partial charge in [0.05, 0.1) is 12.8 Å². The average molecular weight is 539 g/mol. The van der Waals surface area contributed by atoms with Crippen molar-refractivity contribution in [3.8, 4) is 5.75 Å². The monoisotopic (exact) mass is 538 g/mol. The molecule has 0 radical (unpaired) electrons. The number of ether oxygens (including phenoxy) is 1. The Morgan fingerprint density at radius 2 is 2.03 bits per heavy atom. The number of aromatic nitrogens is 1. The summed E-state index contributed by atoms with van der Waals surface area (Å²) < 4.78 is 5.39. The first-order valence-corrected chi connectivity index (χ1v) is 14.3. The predicted molar refractivity (Wildman–Crippen MR) is 142 cm³/mol. The van der Waals surface area contributed by atoms with Crippen molar-refractivity contribution in [3.63, 3.8) is 0 Å². The van der Waals surface area contributed by atoms with Gasteiger partial charge < -0.3 is 15.2 Å². The van der Waals surface area contributed by atoms with Gasteiger partial charge in [-0.3, -0.25) is 19.2 Å². The molecule has 2 aromatic rings. The molecule has 2 N–H and O–H groups in total. The van der Waals surface area contributed by atoms with Gasteiger partial charge in [0.2, 0.25) is 5.91 Å². The lowest BCUT2D eigenvalue weighted by molar-refractivity contribution is -0.142. The lowest BCUT2D eigenvalue weighted by atomic mass is 9.54. The summed E-state index contributed by atoms with van der Waals surface area (Å²) in [5.74, 6) is 0.348. The van der Waals surface area contributed by atoms with Crippen LogP contribution < -0.4 is 10.1 Å². The van der Waals surface area contributed by atoms with E-state index >= 15 is 0 Å². The van der Waals surface area contributed by atoms with Crippen LogP contribution in [0.25, 0.3) is 0 Å². The molecular formula is C29H34N2O6S. The van der Waals surface area contributed by atoms with E-state index in [4.69, 9.17) is 9.84 Å². The number of carbonyl (C=O) groups excluding carboxylic acids is 3. The maximum absolute atomic E-state index is 13.2. The summed E-state index contributed by atoms with van der Waals surface area (Å²) in [7, 11) is 0. The van der Waals surface area contributed by atoms with E-state index in [1.807, 2.05) is 19.1 Å². The van der Waals surface area contributed by atoms with Gasteiger partial charge in [-0.05, 0) is 86.0 Å². The molecular weight excluding hydrogens is 504 g/mol. The summed E-state index contributed by atoms with van der Waals surface area (Å²) in [6.45, 7) is 4.10. The number of esters is 1. The number of nitrogens with one attached hydrogen (secondary N) is 1. The standard InChI is InChI=1S/C29H34N2O6S/c1-16-15-30-28(38-16)31-24(33)8-4-18-14-23(32)29(2)12-11-21-20-7-5-19(37-26(36)10-9-25(34)35)13-17(20)3-6-22(21)27(18)29/h5,7,13,15,18,21-22,27H,3-4,6,8-12,14H2,1-2H3,(H,34,35)(H,30,31,33)/t18?,21?,22?,27?,29-/m1/s1. The highest BCUT2D eigenvalue weighted by Gasteiger charge is 2.58. The Kier molecular flexibility index (Phi) is 7.40. The molecule has 3 aliphatic rings. The fourth-order valence-electron chi connectivity index (χ4n) is 7.25. The van der Waals surface area contributed by atoms with Crippen molar-refractivity contribution in [2.75, 3.05) is 5.32 Å². The fourth-order valence-corrected chi connectivity index (χ4v) is 7.93. The molecule has 1 heterocycles. The highest BCUT2D eigenvalue weighted by molar-refractivity contribution is 7.15. The molecule has 0 bridgehead atoms. The van der Waals surface area contributed by atoms with E-state index in [2.05, 4.69) is 17.2 Å². The predicted octanol–water partition coefficient (Wildman–Crippen LogP) is 5.29. The lowest BCUT2D eigenvalue weighted by Crippen LogP contribution is -2.44. The molecule has 2 saturated carbocycles. The maximum Gasteiger partial charge on any atom is 0.311 e. The minimum atomic E-state index is -1.03. The Morgan fingerprint density at radius 3 is 2.76 bits per heavy atom. The molecule has 8 nitrogen and oxygen atoms in total. The Bertz CT molecular complexity index is 1270. The number of Topliss-reactive ketones (excluding diaryl/α,β-unsaturated/α-hetero) is 1. The van der Waals surface area contributed by atoms with Gasteiger partial charge in [0.1, 0.15) is 11.5 Å². The van der Waals surface area contributed by atoms with Crippen molar-refractivity contribution < 1.29 is 29.0 Å². The number of aliphatic carboxylic acids is 1. The van der Waals surface area contributed by atoms with E-state index in [-0.39, 0.29) is 36.0 Å². The van der Waals surface area contributed by atoms with Crippen LogP contribution in [-0.2, 0) is 25.6 Å². The van der Waals surface area contributed by atoms with E-state index < -0.39 is 11.9 Å². The number of aryl methyl sites for hydroxylation is 2. The van der Waals surface area contributed by atoms with Crippen molar-refractivity contribution in [2.45, 2.75) is 77.6 Å². The largest absolute Gasteiger partial charge is 0.481 e. The third-order valence-electron chi connectivity index (χ3n) is 8.93. The van der Waals surface area contributed by atoms with Crippen LogP contribution in [-0.4, -0.2) is 33.7 Å². The molecule has 5 rings (SSSR count). The molecule has 1 aromatic heterocycles. The van der Waals surface area contributed by atoms with Gasteiger partial charge in [-0.1, -0.05) is 13.0 Å². The van der Waals surface area contributed by atoms with E-state index in [9.17, 15) is 19.2 Å². The van der Waals surface area contributed by atoms with Crippen LogP contribution in [0.1, 0.15) is 80.2 Å². The summed E-state index contributed by atoms with van der Waals surface area (Å²) in [6.07, 6.45) is 6.57. The second-order valence-corrected chi connectivity index (χ2v) is 12.5. The first-order valence-electron chi connectivity index (χ1n) is 13.4. The second-order valence-electron chi connectivity index (χ2n) is 11.3. The molecule has 38 heavy (non-hydrogen) atoms. The number of ketones is 1. The summed E-state index contributed by atoms with van der Waals surface area (Å²) in [6, 6.07) is 5.76. The van der Waals surface area contributed by atoms with Gasteiger partial charge in [-0.25, -0.2) is 4.98 Å². The Balaban J connectivity index is 1.28. The fraction of sp³-hybridized carbons (Fsp3) is 0.552. The van der Waals surface area contributed by atoms with Gasteiger partial charge >= 0.3 is 11.9 Å². The van der Waals surface area contributed by atoms with Crippen LogP contribution in [0, 0.1) is 30.1 Å². The number of anilines is 1. The number of carbonyl (C=O) groups is 4. The summed E-state index contributed by atoms with van der Waals surface area (Å²) in [5.41, 5.74) is 2.10. The molecule has 4 unspecified atom stereocenters. The molecule has 9 heteroatoms. The number of rotatable bonds is 8. The molecule has 2 fully saturated rings. The third kappa shape index (κ3) is 5.25. The second kappa shape index (κ2) is 10.6. The maximum atomic E-state index is 13.2. The highest BCUT2D eigenvalue weighted by Crippen LogP contribution is 2.62. The molecule has 1 amide bonds. The normalized spacial score (nSPS) is 27.7. The minimum Gasteiger partial charge on any atom is -0.481 e. The van der Waals surface area contributed by atoms with Crippen molar-refractivity contribution in [1.82, 2.24) is 4.98 Å². The Labute approximate surface area is 226 Å². The molecule has 3 aliphatic carbocycles. The molecule has 5 atom stereocenters. The molecule has 0 spiro atoms. The number of carboxylic acids is 1. The van der Waals surface area contributed by atoms with Crippen LogP contribution in [0.5, 0.6) is 5.75 Å². The number of benzene rings is 1. The molecule has 0 saturated heterocycles. The lowest BCUT2D eigenvalue weighted by Gasteiger charge is -2.50. The van der Waals surface area contributed by atoms with Crippen LogP contribution in [0.15, 0.2) is 24.4 Å². The number of carboxylic acid groups (broad SMARTS) is 1. The van der Waals surface area contributed by atoms with E-state index in [1.165, 1.54) is 16.9 Å². The highest BCUT2D eigenvalue weighted by atomic mass is 32.1. The number of hydrogen-bond acceptors (Lipinski definition) is 7. The van der Waals surface area contributed by atoms with Crippen LogP contribution in [0.3, 0.4) is 0 Å². The quantitative estimate of drug-likeness (QED) is 0.346. The van der Waals surface area contributed by atoms with Gasteiger partial charge in [-0.2, -0.15) is 0 Å². The van der Waals surface area contributed by atoms with Crippen molar-refractivity contribution in [2.24, 2.45) is 23.2 Å². The zero-order valence-electron chi connectivity index (χ0n) is 21.8. The number of fused-ring (bicyclic) bond motifs is 5. The van der Waals surface area contributed by atoms with Gasteiger partial charge in [0.25, 0.3) is 0 Å². The smallest absolute Gasteiger partial charge is 0.311 e. The Hall–Kier alpha value is -3.07. The van der Waals surface area contributed by atoms with E-state index in [0.717, 1.165) is 36.1 Å². The average Bonchev–Trinajstić information content (AvgIpc) is 3.40. The topological polar surface area (TPSA) is 123 Å². The van der Waals surface area contributed by atoms with Gasteiger partial charge in [-0.15, -0.1) is 11.3 Å². The zero-order chi connectivity index (χ0) is 27.0. The van der Waals surface area contributed by atoms with E-state index in [0.29, 0.717) is 47.8 Å². The number of amides is 1. The van der Waals surface area contributed by atoms with Crippen LogP contribution in [0.2, 0.25) is 0 Å². The summed E-state index contributed by atoms with van der Waals surface area (Å²) >= 11 is 1.46. The van der Waals surface area contributed by atoms with Crippen molar-refractivity contribution in [3.05, 3.63) is 40.4 Å². The SMILES string of the molecule is Cc1cnc(NC(=O)CCC2CC(=O)[C@@]3(C)CCC4c5ccc(OC(=O)CCC(=O)O)cc5CCC4C23)s1. The number of thiazole rings is 1. The third-order valence-corrected chi connectivity index (χ3v) is 9.75. The zero-order valence-corrected chi connectivity index (χ0v) is 22.6. The number of hydrogen-bond donors (Lipinski definition) is 2. The van der Waals surface area contributed by atoms with Gasteiger partial charge in [0.15, 0.2) is 5.13 Å². The first kappa shape index (κ1) is 26.5. The molecule has 0 aliphatic heterocycles. The minimum absolute atomic E-state index is 0.0489. The van der Waals surface area contributed by atoms with Gasteiger partial charge in [0, 0.05) is 29.3 Å². The Morgan fingerprint density at radius 1 is 1.21 bits per heavy atom. The van der Waals surface area contributed by atoms with Crippen molar-refractivity contribution in [1.29, 1.82) is 0 Å². The number of nitrogens with zero attached hydrogens (tertiary/aromatic N) is 1. The molecule has 202 valence electrons. The van der Waals surface area contributed by atoms with E-state index in [1.54, 1.807) is 12.3 Å². The summed E-state index contributed by atoms with van der Waals surface area (Å²) in [4.78, 5) is 53.9.